The number of para-hydroxylation sites is 1. The zero-order chi connectivity index (χ0) is 17.8. The Labute approximate surface area is 144 Å². The smallest absolute Gasteiger partial charge is 0.326 e. The highest BCUT2D eigenvalue weighted by atomic mass is 16.5. The fourth-order valence-corrected chi connectivity index (χ4v) is 2.58. The van der Waals surface area contributed by atoms with E-state index in [9.17, 15) is 9.59 Å². The second-order valence-electron chi connectivity index (χ2n) is 5.67. The molecule has 25 heavy (non-hydrogen) atoms. The van der Waals surface area contributed by atoms with Gasteiger partial charge in [0.1, 0.15) is 18.9 Å². The van der Waals surface area contributed by atoms with Crippen LogP contribution in [0.4, 0.5) is 0 Å². The normalized spacial score (nSPS) is 10.6. The minimum Gasteiger partial charge on any atom is -0.496 e. The van der Waals surface area contributed by atoms with Gasteiger partial charge in [-0.1, -0.05) is 23.8 Å². The van der Waals surface area contributed by atoms with Gasteiger partial charge in [-0.15, -0.1) is 0 Å². The van der Waals surface area contributed by atoms with Crippen molar-refractivity contribution in [3.05, 3.63) is 70.3 Å². The monoisotopic (exact) mass is 338 g/mol. The Morgan fingerprint density at radius 1 is 1.20 bits per heavy atom. The lowest BCUT2D eigenvalue weighted by atomic mass is 10.1. The van der Waals surface area contributed by atoms with Crippen LogP contribution >= 0.6 is 0 Å². The first-order chi connectivity index (χ1) is 12.1. The number of methoxy groups -OCH3 is 1. The number of esters is 1. The lowest BCUT2D eigenvalue weighted by Crippen LogP contribution is -2.25. The second-order valence-corrected chi connectivity index (χ2v) is 5.67. The van der Waals surface area contributed by atoms with Crippen LogP contribution in [0.1, 0.15) is 11.1 Å². The predicted octanol–water partition coefficient (Wildman–Crippen LogP) is 2.46. The van der Waals surface area contributed by atoms with E-state index in [1.54, 1.807) is 25.3 Å². The van der Waals surface area contributed by atoms with E-state index in [0.29, 0.717) is 16.7 Å². The van der Waals surface area contributed by atoms with Crippen molar-refractivity contribution >= 4 is 16.9 Å². The summed E-state index contributed by atoms with van der Waals surface area (Å²) in [5.74, 6) is 0.144. The van der Waals surface area contributed by atoms with Gasteiger partial charge in [-0.3, -0.25) is 14.2 Å². The number of carbonyl (C=O) groups excluding carboxylic acids is 1. The van der Waals surface area contributed by atoms with E-state index in [1.165, 1.54) is 10.9 Å². The summed E-state index contributed by atoms with van der Waals surface area (Å²) in [7, 11) is 1.57. The second kappa shape index (κ2) is 7.17. The predicted molar refractivity (Wildman–Crippen MR) is 93.5 cm³/mol. The molecule has 0 amide bonds. The molecule has 3 rings (SSSR count). The number of fused-ring (bicyclic) bond motifs is 1. The first kappa shape index (κ1) is 16.7. The molecule has 3 aromatic rings. The summed E-state index contributed by atoms with van der Waals surface area (Å²) in [4.78, 5) is 28.7. The van der Waals surface area contributed by atoms with Crippen LogP contribution in [0.5, 0.6) is 5.75 Å². The maximum Gasteiger partial charge on any atom is 0.326 e. The van der Waals surface area contributed by atoms with Crippen LogP contribution in [0.3, 0.4) is 0 Å². The average molecular weight is 338 g/mol. The summed E-state index contributed by atoms with van der Waals surface area (Å²) < 4.78 is 11.8. The van der Waals surface area contributed by atoms with Crippen LogP contribution in [-0.4, -0.2) is 22.6 Å². The molecule has 6 nitrogen and oxygen atoms in total. The van der Waals surface area contributed by atoms with Crippen molar-refractivity contribution in [2.75, 3.05) is 7.11 Å². The molecule has 1 aromatic heterocycles. The molecule has 0 radical (unpaired) electrons. The molecule has 0 saturated heterocycles. The summed E-state index contributed by atoms with van der Waals surface area (Å²) in [5.41, 5.74) is 2.15. The molecule has 0 aliphatic heterocycles. The summed E-state index contributed by atoms with van der Waals surface area (Å²) in [6, 6.07) is 12.7. The molecule has 0 saturated carbocycles. The van der Waals surface area contributed by atoms with E-state index < -0.39 is 5.97 Å². The van der Waals surface area contributed by atoms with Crippen LogP contribution in [0.25, 0.3) is 10.9 Å². The number of aryl methyl sites for hydroxylation is 1. The zero-order valence-corrected chi connectivity index (χ0v) is 14.1. The third kappa shape index (κ3) is 3.68. The quantitative estimate of drug-likeness (QED) is 0.668. The third-order valence-electron chi connectivity index (χ3n) is 3.86. The Kier molecular flexibility index (Phi) is 4.79. The largest absolute Gasteiger partial charge is 0.496 e. The van der Waals surface area contributed by atoms with Gasteiger partial charge in [-0.25, -0.2) is 4.98 Å². The number of rotatable bonds is 5. The first-order valence-electron chi connectivity index (χ1n) is 7.82. The Morgan fingerprint density at radius 3 is 2.80 bits per heavy atom. The van der Waals surface area contributed by atoms with Gasteiger partial charge >= 0.3 is 5.97 Å². The van der Waals surface area contributed by atoms with Gasteiger partial charge in [-0.05, 0) is 31.2 Å². The van der Waals surface area contributed by atoms with Gasteiger partial charge in [0.15, 0.2) is 0 Å². The molecule has 1 heterocycles. The van der Waals surface area contributed by atoms with Crippen molar-refractivity contribution in [2.45, 2.75) is 20.1 Å². The molecular formula is C19H18N2O4. The molecule has 0 aliphatic carbocycles. The fourth-order valence-electron chi connectivity index (χ4n) is 2.58. The number of hydrogen-bond acceptors (Lipinski definition) is 5. The molecule has 0 spiro atoms. The molecule has 0 bridgehead atoms. The Bertz CT molecular complexity index is 979. The van der Waals surface area contributed by atoms with Crippen molar-refractivity contribution in [2.24, 2.45) is 0 Å². The van der Waals surface area contributed by atoms with Crippen molar-refractivity contribution < 1.29 is 14.3 Å². The number of ether oxygens (including phenoxy) is 2. The van der Waals surface area contributed by atoms with E-state index >= 15 is 0 Å². The minimum atomic E-state index is -0.511. The van der Waals surface area contributed by atoms with Crippen molar-refractivity contribution in [3.63, 3.8) is 0 Å². The molecular weight excluding hydrogens is 320 g/mol. The molecule has 0 atom stereocenters. The highest BCUT2D eigenvalue weighted by Gasteiger charge is 2.11. The molecule has 0 N–H and O–H groups in total. The molecule has 0 fully saturated rings. The van der Waals surface area contributed by atoms with Crippen LogP contribution < -0.4 is 10.3 Å². The molecule has 2 aromatic carbocycles. The van der Waals surface area contributed by atoms with Gasteiger partial charge in [0, 0.05) is 5.56 Å². The minimum absolute atomic E-state index is 0.0828. The first-order valence-corrected chi connectivity index (χ1v) is 7.82. The third-order valence-corrected chi connectivity index (χ3v) is 3.86. The molecule has 128 valence electrons. The summed E-state index contributed by atoms with van der Waals surface area (Å²) >= 11 is 0. The van der Waals surface area contributed by atoms with Gasteiger partial charge in [0.05, 0.1) is 24.3 Å². The zero-order valence-electron chi connectivity index (χ0n) is 14.1. The average Bonchev–Trinajstić information content (AvgIpc) is 2.63. The van der Waals surface area contributed by atoms with Crippen LogP contribution in [-0.2, 0) is 22.7 Å². The van der Waals surface area contributed by atoms with Gasteiger partial charge < -0.3 is 9.47 Å². The Hall–Kier alpha value is -3.15. The maximum atomic E-state index is 12.4. The van der Waals surface area contributed by atoms with Crippen molar-refractivity contribution in [3.8, 4) is 5.75 Å². The molecule has 6 heteroatoms. The lowest BCUT2D eigenvalue weighted by Gasteiger charge is -2.11. The van der Waals surface area contributed by atoms with E-state index in [4.69, 9.17) is 9.47 Å². The highest BCUT2D eigenvalue weighted by Crippen LogP contribution is 2.20. The van der Waals surface area contributed by atoms with E-state index in [1.807, 2.05) is 31.2 Å². The van der Waals surface area contributed by atoms with Crippen LogP contribution in [0.2, 0.25) is 0 Å². The number of nitrogens with zero attached hydrogens (tertiary/aromatic N) is 2. The van der Waals surface area contributed by atoms with E-state index in [2.05, 4.69) is 4.98 Å². The van der Waals surface area contributed by atoms with E-state index in [0.717, 1.165) is 11.1 Å². The van der Waals surface area contributed by atoms with Crippen molar-refractivity contribution in [1.82, 2.24) is 9.55 Å². The number of carbonyl (C=O) groups is 1. The fraction of sp³-hybridized carbons (Fsp3) is 0.211. The highest BCUT2D eigenvalue weighted by molar-refractivity contribution is 5.77. The van der Waals surface area contributed by atoms with Crippen molar-refractivity contribution in [1.29, 1.82) is 0 Å². The molecule has 0 unspecified atom stereocenters. The van der Waals surface area contributed by atoms with Gasteiger partial charge in [0.25, 0.3) is 5.56 Å². The number of hydrogen-bond donors (Lipinski definition) is 0. The topological polar surface area (TPSA) is 70.4 Å². The summed E-state index contributed by atoms with van der Waals surface area (Å²) in [6.07, 6.45) is 1.36. The SMILES string of the molecule is COc1ccc(C)cc1COC(=O)Cn1cnc2ccccc2c1=O. The van der Waals surface area contributed by atoms with E-state index in [-0.39, 0.29) is 18.7 Å². The number of benzene rings is 2. The molecule has 0 aliphatic rings. The van der Waals surface area contributed by atoms with Gasteiger partial charge in [-0.2, -0.15) is 0 Å². The summed E-state index contributed by atoms with van der Waals surface area (Å²) in [6.45, 7) is 1.84. The standard InChI is InChI=1S/C19H18N2O4/c1-13-7-8-17(24-2)14(9-13)11-25-18(22)10-21-12-20-16-6-4-3-5-15(16)19(21)23/h3-9,12H,10-11H2,1-2H3. The Balaban J connectivity index is 1.72. The lowest BCUT2D eigenvalue weighted by molar-refractivity contribution is -0.145. The number of aromatic nitrogens is 2. The van der Waals surface area contributed by atoms with Gasteiger partial charge in [0.2, 0.25) is 0 Å². The maximum absolute atomic E-state index is 12.4. The van der Waals surface area contributed by atoms with Crippen LogP contribution in [0, 0.1) is 6.92 Å². The summed E-state index contributed by atoms with van der Waals surface area (Å²) in [5, 5.41) is 0.471. The van der Waals surface area contributed by atoms with Crippen LogP contribution in [0.15, 0.2) is 53.6 Å². The Morgan fingerprint density at radius 2 is 2.00 bits per heavy atom.